The van der Waals surface area contributed by atoms with E-state index in [2.05, 4.69) is 0 Å². The minimum atomic E-state index is -4.48. The van der Waals surface area contributed by atoms with Gasteiger partial charge in [-0.05, 0) is 32.9 Å². The summed E-state index contributed by atoms with van der Waals surface area (Å²) in [7, 11) is -4.48. The van der Waals surface area contributed by atoms with Gasteiger partial charge in [-0.15, -0.1) is 0 Å². The van der Waals surface area contributed by atoms with Crippen molar-refractivity contribution in [2.24, 2.45) is 0 Å². The molecule has 2 N–H and O–H groups in total. The van der Waals surface area contributed by atoms with Crippen molar-refractivity contribution in [2.75, 3.05) is 18.8 Å². The van der Waals surface area contributed by atoms with E-state index in [1.165, 1.54) is 4.90 Å². The number of amides is 1. The molecule has 1 unspecified atom stereocenters. The smallest absolute Gasteiger partial charge is 0.240 e. The molecule has 1 amide bonds. The molecule has 1 atom stereocenters. The highest BCUT2D eigenvalue weighted by molar-refractivity contribution is 7.92. The largest absolute Gasteiger partial charge is 0.399 e. The summed E-state index contributed by atoms with van der Waals surface area (Å²) in [5.74, 6) is -3.30. The molecule has 0 spiro atoms. The standard InChI is InChI=1S/C13H18F2N2O3S/c1-4-17(5-2)13(18)8(3)21(19,20)12-10(14)6-9(16)7-11(12)15/h6-8H,4-5,16H2,1-3H3. The number of carbonyl (C=O) groups is 1. The van der Waals surface area contributed by atoms with Crippen molar-refractivity contribution in [2.45, 2.75) is 30.9 Å². The van der Waals surface area contributed by atoms with Crippen molar-refractivity contribution in [3.8, 4) is 0 Å². The third kappa shape index (κ3) is 3.31. The lowest BCUT2D eigenvalue weighted by Gasteiger charge is -2.23. The summed E-state index contributed by atoms with van der Waals surface area (Å²) < 4.78 is 52.1. The molecule has 0 bridgehead atoms. The van der Waals surface area contributed by atoms with Crippen LogP contribution in [0.4, 0.5) is 14.5 Å². The normalized spacial score (nSPS) is 13.0. The number of hydrogen-bond donors (Lipinski definition) is 1. The van der Waals surface area contributed by atoms with E-state index in [-0.39, 0.29) is 5.69 Å². The van der Waals surface area contributed by atoms with E-state index in [4.69, 9.17) is 5.73 Å². The second-order valence-corrected chi connectivity index (χ2v) is 6.72. The van der Waals surface area contributed by atoms with Gasteiger partial charge in [-0.1, -0.05) is 0 Å². The Hall–Kier alpha value is -1.70. The minimum Gasteiger partial charge on any atom is -0.399 e. The van der Waals surface area contributed by atoms with Gasteiger partial charge in [0.2, 0.25) is 5.91 Å². The van der Waals surface area contributed by atoms with Gasteiger partial charge in [0.05, 0.1) is 0 Å². The Bertz CT molecular complexity index is 620. The summed E-state index contributed by atoms with van der Waals surface area (Å²) in [6.07, 6.45) is 0. The molecule has 0 fully saturated rings. The predicted molar refractivity (Wildman–Crippen MR) is 75.3 cm³/mol. The van der Waals surface area contributed by atoms with Crippen molar-refractivity contribution in [3.63, 3.8) is 0 Å². The molecule has 1 rings (SSSR count). The number of carbonyl (C=O) groups excluding carboxylic acids is 1. The molecule has 0 heterocycles. The average molecular weight is 320 g/mol. The Kier molecular flexibility index (Phi) is 5.27. The Balaban J connectivity index is 3.32. The topological polar surface area (TPSA) is 80.5 Å². The Morgan fingerprint density at radius 1 is 1.24 bits per heavy atom. The fourth-order valence-electron chi connectivity index (χ4n) is 1.95. The lowest BCUT2D eigenvalue weighted by atomic mass is 10.3. The second-order valence-electron chi connectivity index (χ2n) is 4.51. The summed E-state index contributed by atoms with van der Waals surface area (Å²) in [4.78, 5) is 12.3. The van der Waals surface area contributed by atoms with E-state index < -0.39 is 37.5 Å². The molecular formula is C13H18F2N2O3S. The average Bonchev–Trinajstić information content (AvgIpc) is 2.37. The third-order valence-corrected chi connectivity index (χ3v) is 5.29. The SMILES string of the molecule is CCN(CC)C(=O)C(C)S(=O)(=O)c1c(F)cc(N)cc1F. The molecule has 0 aliphatic heterocycles. The summed E-state index contributed by atoms with van der Waals surface area (Å²) in [5.41, 5.74) is 5.02. The van der Waals surface area contributed by atoms with Gasteiger partial charge in [0.15, 0.2) is 9.84 Å². The lowest BCUT2D eigenvalue weighted by molar-refractivity contribution is -0.130. The molecule has 1 aromatic rings. The molecule has 118 valence electrons. The van der Waals surface area contributed by atoms with Crippen LogP contribution >= 0.6 is 0 Å². The second kappa shape index (κ2) is 6.38. The predicted octanol–water partition coefficient (Wildman–Crippen LogP) is 1.58. The quantitative estimate of drug-likeness (QED) is 0.835. The van der Waals surface area contributed by atoms with Crippen LogP contribution < -0.4 is 5.73 Å². The van der Waals surface area contributed by atoms with Crippen LogP contribution in [0.3, 0.4) is 0 Å². The van der Waals surface area contributed by atoms with Crippen LogP contribution in [-0.4, -0.2) is 37.6 Å². The van der Waals surface area contributed by atoms with E-state index in [9.17, 15) is 22.0 Å². The summed E-state index contributed by atoms with van der Waals surface area (Å²) in [6.45, 7) is 5.10. The van der Waals surface area contributed by atoms with Crippen LogP contribution in [0.5, 0.6) is 0 Å². The number of nitrogens with zero attached hydrogens (tertiary/aromatic N) is 1. The maximum absolute atomic E-state index is 13.8. The fourth-order valence-corrected chi connectivity index (χ4v) is 3.38. The zero-order valence-corrected chi connectivity index (χ0v) is 12.9. The van der Waals surface area contributed by atoms with Crippen molar-refractivity contribution < 1.29 is 22.0 Å². The maximum atomic E-state index is 13.8. The molecule has 0 saturated heterocycles. The van der Waals surface area contributed by atoms with Crippen LogP contribution in [0.2, 0.25) is 0 Å². The van der Waals surface area contributed by atoms with E-state index in [0.717, 1.165) is 6.92 Å². The molecular weight excluding hydrogens is 302 g/mol. The first-order chi connectivity index (χ1) is 9.66. The first kappa shape index (κ1) is 17.4. The zero-order valence-electron chi connectivity index (χ0n) is 12.1. The van der Waals surface area contributed by atoms with Gasteiger partial charge in [0, 0.05) is 18.8 Å². The number of nitrogens with two attached hydrogens (primary N) is 1. The van der Waals surface area contributed by atoms with Gasteiger partial charge < -0.3 is 10.6 Å². The molecule has 0 aromatic heterocycles. The zero-order chi connectivity index (χ0) is 16.4. The Labute approximate surface area is 122 Å². The molecule has 0 saturated carbocycles. The molecule has 0 aliphatic rings. The van der Waals surface area contributed by atoms with Gasteiger partial charge in [0.25, 0.3) is 0 Å². The molecule has 21 heavy (non-hydrogen) atoms. The molecule has 0 aliphatic carbocycles. The first-order valence-corrected chi connectivity index (χ1v) is 7.98. The van der Waals surface area contributed by atoms with Crippen LogP contribution in [-0.2, 0) is 14.6 Å². The fraction of sp³-hybridized carbons (Fsp3) is 0.462. The van der Waals surface area contributed by atoms with Gasteiger partial charge in [-0.25, -0.2) is 17.2 Å². The Morgan fingerprint density at radius 3 is 2.05 bits per heavy atom. The van der Waals surface area contributed by atoms with Crippen LogP contribution in [0, 0.1) is 11.6 Å². The Morgan fingerprint density at radius 2 is 1.67 bits per heavy atom. The molecule has 5 nitrogen and oxygen atoms in total. The highest BCUT2D eigenvalue weighted by Crippen LogP contribution is 2.26. The maximum Gasteiger partial charge on any atom is 0.240 e. The first-order valence-electron chi connectivity index (χ1n) is 6.43. The van der Waals surface area contributed by atoms with Crippen molar-refractivity contribution in [3.05, 3.63) is 23.8 Å². The van der Waals surface area contributed by atoms with Crippen molar-refractivity contribution >= 4 is 21.4 Å². The number of hydrogen-bond acceptors (Lipinski definition) is 4. The van der Waals surface area contributed by atoms with Gasteiger partial charge in [0.1, 0.15) is 21.8 Å². The highest BCUT2D eigenvalue weighted by Gasteiger charge is 2.36. The highest BCUT2D eigenvalue weighted by atomic mass is 32.2. The van der Waals surface area contributed by atoms with Gasteiger partial charge >= 0.3 is 0 Å². The lowest BCUT2D eigenvalue weighted by Crippen LogP contribution is -2.41. The van der Waals surface area contributed by atoms with E-state index in [1.807, 2.05) is 0 Å². The summed E-state index contributed by atoms with van der Waals surface area (Å²) in [5, 5.41) is -1.58. The molecule has 1 aromatic carbocycles. The number of rotatable bonds is 5. The summed E-state index contributed by atoms with van der Waals surface area (Å²) >= 11 is 0. The minimum absolute atomic E-state index is 0.230. The number of nitrogen functional groups attached to an aromatic ring is 1. The van der Waals surface area contributed by atoms with Crippen LogP contribution in [0.25, 0.3) is 0 Å². The van der Waals surface area contributed by atoms with Crippen molar-refractivity contribution in [1.82, 2.24) is 4.90 Å². The third-order valence-electron chi connectivity index (χ3n) is 3.19. The number of benzene rings is 1. The molecule has 0 radical (unpaired) electrons. The van der Waals surface area contributed by atoms with Gasteiger partial charge in [-0.2, -0.15) is 0 Å². The van der Waals surface area contributed by atoms with E-state index in [1.54, 1.807) is 13.8 Å². The van der Waals surface area contributed by atoms with Crippen molar-refractivity contribution in [1.29, 1.82) is 0 Å². The van der Waals surface area contributed by atoms with Crippen LogP contribution in [0.15, 0.2) is 17.0 Å². The van der Waals surface area contributed by atoms with E-state index in [0.29, 0.717) is 25.2 Å². The van der Waals surface area contributed by atoms with Gasteiger partial charge in [-0.3, -0.25) is 4.79 Å². The summed E-state index contributed by atoms with van der Waals surface area (Å²) in [6, 6.07) is 1.43. The molecule has 8 heteroatoms. The number of halogens is 2. The monoisotopic (exact) mass is 320 g/mol. The van der Waals surface area contributed by atoms with E-state index >= 15 is 0 Å². The number of sulfone groups is 1. The number of anilines is 1. The van der Waals surface area contributed by atoms with Crippen LogP contribution in [0.1, 0.15) is 20.8 Å².